The van der Waals surface area contributed by atoms with Gasteiger partial charge in [0.2, 0.25) is 11.8 Å². The Morgan fingerprint density at radius 1 is 1.16 bits per heavy atom. The fraction of sp³-hybridized carbons (Fsp3) is 0.583. The highest BCUT2D eigenvalue weighted by Crippen LogP contribution is 2.20. The summed E-state index contributed by atoms with van der Waals surface area (Å²) in [5.74, 6) is -1.09. The Bertz CT molecular complexity index is 806. The van der Waals surface area contributed by atoms with Crippen molar-refractivity contribution in [1.82, 2.24) is 10.2 Å². The maximum atomic E-state index is 13.2. The first-order valence-electron chi connectivity index (χ1n) is 11.1. The van der Waals surface area contributed by atoms with Crippen molar-refractivity contribution in [3.05, 3.63) is 35.9 Å². The molecule has 32 heavy (non-hydrogen) atoms. The van der Waals surface area contributed by atoms with Gasteiger partial charge in [-0.05, 0) is 45.6 Å². The maximum absolute atomic E-state index is 13.2. The number of rotatable bonds is 7. The van der Waals surface area contributed by atoms with Gasteiger partial charge in [0.05, 0.1) is 5.25 Å². The van der Waals surface area contributed by atoms with Gasteiger partial charge >= 0.3 is 5.97 Å². The molecule has 0 aliphatic carbocycles. The summed E-state index contributed by atoms with van der Waals surface area (Å²) in [5, 5.41) is 2.07. The Kier molecular flexibility index (Phi) is 9.75. The van der Waals surface area contributed by atoms with Crippen LogP contribution in [-0.4, -0.2) is 57.8 Å². The number of hydrogen-bond donors (Lipinski definition) is 1. The number of benzene rings is 1. The van der Waals surface area contributed by atoms with E-state index in [0.717, 1.165) is 36.6 Å². The Balaban J connectivity index is 2.09. The average molecular weight is 463 g/mol. The topological polar surface area (TPSA) is 92.8 Å². The van der Waals surface area contributed by atoms with Gasteiger partial charge < -0.3 is 15.0 Å². The van der Waals surface area contributed by atoms with E-state index in [1.54, 1.807) is 20.8 Å². The average Bonchev–Trinajstić information content (AvgIpc) is 2.68. The third-order valence-electron chi connectivity index (χ3n) is 4.95. The van der Waals surface area contributed by atoms with Gasteiger partial charge in [-0.3, -0.25) is 19.2 Å². The van der Waals surface area contributed by atoms with Crippen molar-refractivity contribution in [3.63, 3.8) is 0 Å². The minimum atomic E-state index is -0.726. The van der Waals surface area contributed by atoms with E-state index < -0.39 is 22.9 Å². The van der Waals surface area contributed by atoms with E-state index in [1.165, 1.54) is 11.8 Å². The van der Waals surface area contributed by atoms with E-state index >= 15 is 0 Å². The molecule has 2 atom stereocenters. The normalized spacial score (nSPS) is 18.3. The molecular formula is C24H34N2O5S. The highest BCUT2D eigenvalue weighted by Gasteiger charge is 2.32. The Labute approximate surface area is 194 Å². The standard InChI is InChI=1S/C24H34N2O5S/c1-17(27)32-20(15-18-11-7-5-8-12-18)22(29)25-19-13-9-6-10-14-26(23(19)30)16-21(28)31-24(2,3)4/h5,7-8,11-12,19-20H,6,9-10,13-16H2,1-4H3,(H,25,29)/t19-,20+/m0/s1. The smallest absolute Gasteiger partial charge is 0.326 e. The lowest BCUT2D eigenvalue weighted by molar-refractivity contribution is -0.159. The first kappa shape index (κ1) is 25.9. The van der Waals surface area contributed by atoms with Crippen LogP contribution in [0.25, 0.3) is 0 Å². The number of nitrogens with one attached hydrogen (secondary N) is 1. The second-order valence-corrected chi connectivity index (χ2v) is 10.4. The molecule has 0 radical (unpaired) electrons. The molecule has 0 spiro atoms. The Morgan fingerprint density at radius 3 is 2.47 bits per heavy atom. The Morgan fingerprint density at radius 2 is 1.84 bits per heavy atom. The van der Waals surface area contributed by atoms with Crippen LogP contribution in [0.15, 0.2) is 30.3 Å². The number of carbonyl (C=O) groups is 4. The summed E-state index contributed by atoms with van der Waals surface area (Å²) in [6, 6.07) is 8.75. The Hall–Kier alpha value is -2.35. The molecule has 2 rings (SSSR count). The van der Waals surface area contributed by atoms with Crippen LogP contribution in [-0.2, 0) is 30.3 Å². The van der Waals surface area contributed by atoms with E-state index in [0.29, 0.717) is 19.4 Å². The molecule has 1 aliphatic rings. The molecule has 1 saturated heterocycles. The van der Waals surface area contributed by atoms with Crippen molar-refractivity contribution < 1.29 is 23.9 Å². The van der Waals surface area contributed by atoms with Crippen LogP contribution in [0.2, 0.25) is 0 Å². The van der Waals surface area contributed by atoms with Gasteiger partial charge in [-0.2, -0.15) is 0 Å². The lowest BCUT2D eigenvalue weighted by atomic mass is 10.0. The summed E-state index contributed by atoms with van der Waals surface area (Å²) >= 11 is 0.969. The van der Waals surface area contributed by atoms with Crippen LogP contribution in [0, 0.1) is 0 Å². The minimum Gasteiger partial charge on any atom is -0.459 e. The monoisotopic (exact) mass is 462 g/mol. The summed E-state index contributed by atoms with van der Waals surface area (Å²) in [5.41, 5.74) is 0.308. The summed E-state index contributed by atoms with van der Waals surface area (Å²) in [6.07, 6.45) is 3.39. The van der Waals surface area contributed by atoms with Crippen molar-refractivity contribution in [2.75, 3.05) is 13.1 Å². The SMILES string of the molecule is CC(=O)S[C@H](Cc1ccccc1)C(=O)N[C@H]1CCCCCN(CC(=O)OC(C)(C)C)C1=O. The number of carbonyl (C=O) groups excluding carboxylic acids is 4. The maximum Gasteiger partial charge on any atom is 0.326 e. The molecule has 1 heterocycles. The zero-order valence-electron chi connectivity index (χ0n) is 19.4. The minimum absolute atomic E-state index is 0.141. The van der Waals surface area contributed by atoms with Crippen LogP contribution in [0.4, 0.5) is 0 Å². The van der Waals surface area contributed by atoms with Crippen LogP contribution < -0.4 is 5.32 Å². The van der Waals surface area contributed by atoms with Gasteiger partial charge in [0, 0.05) is 13.5 Å². The van der Waals surface area contributed by atoms with E-state index in [-0.39, 0.29) is 23.5 Å². The molecule has 8 heteroatoms. The summed E-state index contributed by atoms with van der Waals surface area (Å²) in [6.45, 7) is 7.08. The van der Waals surface area contributed by atoms with Crippen LogP contribution in [0.3, 0.4) is 0 Å². The summed E-state index contributed by atoms with van der Waals surface area (Å²) in [7, 11) is 0. The van der Waals surface area contributed by atoms with E-state index in [2.05, 4.69) is 5.32 Å². The predicted molar refractivity (Wildman–Crippen MR) is 125 cm³/mol. The molecule has 0 aromatic heterocycles. The van der Waals surface area contributed by atoms with Crippen molar-refractivity contribution in [1.29, 1.82) is 0 Å². The van der Waals surface area contributed by atoms with Crippen molar-refractivity contribution in [2.45, 2.75) is 76.7 Å². The molecule has 1 aromatic carbocycles. The van der Waals surface area contributed by atoms with Gasteiger partial charge in [-0.1, -0.05) is 54.9 Å². The highest BCUT2D eigenvalue weighted by atomic mass is 32.2. The van der Waals surface area contributed by atoms with E-state index in [1.807, 2.05) is 30.3 Å². The van der Waals surface area contributed by atoms with Gasteiger partial charge in [0.1, 0.15) is 18.2 Å². The fourth-order valence-electron chi connectivity index (χ4n) is 3.58. The van der Waals surface area contributed by atoms with Crippen LogP contribution in [0.5, 0.6) is 0 Å². The van der Waals surface area contributed by atoms with Crippen molar-refractivity contribution in [3.8, 4) is 0 Å². The summed E-state index contributed by atoms with van der Waals surface area (Å²) < 4.78 is 5.36. The van der Waals surface area contributed by atoms with E-state index in [4.69, 9.17) is 4.74 Å². The van der Waals surface area contributed by atoms with Gasteiger partial charge in [0.15, 0.2) is 5.12 Å². The number of thioether (sulfide) groups is 1. The van der Waals surface area contributed by atoms with Crippen LogP contribution >= 0.6 is 11.8 Å². The second-order valence-electron chi connectivity index (χ2n) is 9.04. The zero-order chi connectivity index (χ0) is 23.7. The lowest BCUT2D eigenvalue weighted by Crippen LogP contribution is -2.53. The van der Waals surface area contributed by atoms with Gasteiger partial charge in [-0.25, -0.2) is 0 Å². The molecule has 2 amide bonds. The first-order chi connectivity index (χ1) is 15.0. The third kappa shape index (κ3) is 9.02. The highest BCUT2D eigenvalue weighted by molar-refractivity contribution is 8.14. The molecule has 0 unspecified atom stereocenters. The van der Waals surface area contributed by atoms with Crippen molar-refractivity contribution in [2.24, 2.45) is 0 Å². The fourth-order valence-corrected chi connectivity index (χ4v) is 4.44. The molecule has 176 valence electrons. The molecule has 0 saturated carbocycles. The molecule has 1 N–H and O–H groups in total. The third-order valence-corrected chi connectivity index (χ3v) is 5.95. The number of ether oxygens (including phenoxy) is 1. The first-order valence-corrected chi connectivity index (χ1v) is 12.0. The van der Waals surface area contributed by atoms with Crippen LogP contribution in [0.1, 0.15) is 58.9 Å². The quantitative estimate of drug-likeness (QED) is 0.626. The number of hydrogen-bond acceptors (Lipinski definition) is 6. The van der Waals surface area contributed by atoms with Gasteiger partial charge in [-0.15, -0.1) is 0 Å². The largest absolute Gasteiger partial charge is 0.459 e. The van der Waals surface area contributed by atoms with E-state index in [9.17, 15) is 19.2 Å². The molecule has 0 bridgehead atoms. The number of nitrogens with zero attached hydrogens (tertiary/aromatic N) is 1. The molecule has 1 fully saturated rings. The molecule has 1 aromatic rings. The zero-order valence-corrected chi connectivity index (χ0v) is 20.2. The van der Waals surface area contributed by atoms with Gasteiger partial charge in [0.25, 0.3) is 0 Å². The number of likely N-dealkylation sites (tertiary alicyclic amines) is 1. The predicted octanol–water partition coefficient (Wildman–Crippen LogP) is 3.11. The summed E-state index contributed by atoms with van der Waals surface area (Å²) in [4.78, 5) is 51.7. The second kappa shape index (κ2) is 12.0. The molecule has 1 aliphatic heterocycles. The number of esters is 1. The molecular weight excluding hydrogens is 428 g/mol. The molecule has 7 nitrogen and oxygen atoms in total. The lowest BCUT2D eigenvalue weighted by Gasteiger charge is -2.31. The number of amides is 2. The van der Waals surface area contributed by atoms with Crippen molar-refractivity contribution >= 4 is 34.7 Å².